The Morgan fingerprint density at radius 3 is 2.40 bits per heavy atom. The van der Waals surface area contributed by atoms with Gasteiger partial charge in [-0.25, -0.2) is 4.79 Å². The van der Waals surface area contributed by atoms with Gasteiger partial charge in [0.1, 0.15) is 0 Å². The van der Waals surface area contributed by atoms with Gasteiger partial charge in [-0.3, -0.25) is 9.66 Å². The summed E-state index contributed by atoms with van der Waals surface area (Å²) in [7, 11) is 0. The van der Waals surface area contributed by atoms with Crippen LogP contribution < -0.4 is 5.01 Å². The summed E-state index contributed by atoms with van der Waals surface area (Å²) in [6, 6.07) is 6.79. The molecule has 0 bridgehead atoms. The Morgan fingerprint density at radius 2 is 1.87 bits per heavy atom. The van der Waals surface area contributed by atoms with Crippen molar-refractivity contribution in [3.8, 4) is 0 Å². The zero-order valence-electron chi connectivity index (χ0n) is 7.82. The van der Waals surface area contributed by atoms with Gasteiger partial charge in [0.15, 0.2) is 0 Å². The van der Waals surface area contributed by atoms with Crippen molar-refractivity contribution >= 4 is 11.8 Å². The molecule has 0 unspecified atom stereocenters. The van der Waals surface area contributed by atoms with Crippen LogP contribution in [-0.4, -0.2) is 20.9 Å². The third-order valence-electron chi connectivity index (χ3n) is 1.91. The number of pyridine rings is 1. The highest BCUT2D eigenvalue weighted by molar-refractivity contribution is 5.85. The van der Waals surface area contributed by atoms with Crippen LogP contribution in [0.3, 0.4) is 0 Å². The van der Waals surface area contributed by atoms with Crippen LogP contribution in [0.1, 0.15) is 0 Å². The Kier molecular flexibility index (Phi) is 2.37. The Balaban J connectivity index is 2.42. The Labute approximate surface area is 86.2 Å². The van der Waals surface area contributed by atoms with Crippen LogP contribution in [-0.2, 0) is 0 Å². The predicted octanol–water partition coefficient (Wildman–Crippen LogP) is 1.83. The smallest absolute Gasteiger partial charge is 0.431 e. The van der Waals surface area contributed by atoms with Crippen molar-refractivity contribution in [2.24, 2.45) is 0 Å². The maximum atomic E-state index is 11.1. The standard InChI is InChI=1S/C10H9N3O2/c14-10(15)13(12-7-1-2-8-12)9-3-5-11-6-4-9/h1-8H,(H,14,15). The summed E-state index contributed by atoms with van der Waals surface area (Å²) in [5.41, 5.74) is 0.550. The van der Waals surface area contributed by atoms with Gasteiger partial charge in [0.2, 0.25) is 0 Å². The van der Waals surface area contributed by atoms with Gasteiger partial charge < -0.3 is 5.11 Å². The molecule has 76 valence electrons. The number of anilines is 1. The van der Waals surface area contributed by atoms with E-state index in [9.17, 15) is 4.79 Å². The van der Waals surface area contributed by atoms with Crippen molar-refractivity contribution in [3.05, 3.63) is 49.1 Å². The SMILES string of the molecule is O=C(O)N(c1ccncc1)n1cccc1. The van der Waals surface area contributed by atoms with E-state index in [2.05, 4.69) is 4.98 Å². The first-order chi connectivity index (χ1) is 7.29. The minimum atomic E-state index is -1.04. The fourth-order valence-electron chi connectivity index (χ4n) is 1.29. The quantitative estimate of drug-likeness (QED) is 0.810. The molecule has 0 radical (unpaired) electrons. The lowest BCUT2D eigenvalue weighted by molar-refractivity contribution is 0.199. The first-order valence-electron chi connectivity index (χ1n) is 4.35. The van der Waals surface area contributed by atoms with Gasteiger partial charge >= 0.3 is 6.09 Å². The number of carboxylic acid groups (broad SMARTS) is 1. The van der Waals surface area contributed by atoms with Gasteiger partial charge in [-0.15, -0.1) is 0 Å². The summed E-state index contributed by atoms with van der Waals surface area (Å²) in [6.45, 7) is 0. The molecule has 0 aromatic carbocycles. The largest absolute Gasteiger partial charge is 0.463 e. The molecule has 0 aliphatic heterocycles. The number of rotatable bonds is 2. The minimum absolute atomic E-state index is 0.550. The third kappa shape index (κ3) is 1.80. The average molecular weight is 203 g/mol. The number of nitrogens with zero attached hydrogens (tertiary/aromatic N) is 3. The Morgan fingerprint density at radius 1 is 1.27 bits per heavy atom. The van der Waals surface area contributed by atoms with Crippen LogP contribution in [0.15, 0.2) is 49.1 Å². The van der Waals surface area contributed by atoms with Gasteiger partial charge in [0, 0.05) is 24.8 Å². The molecule has 15 heavy (non-hydrogen) atoms. The van der Waals surface area contributed by atoms with Crippen molar-refractivity contribution in [1.82, 2.24) is 9.66 Å². The second-order valence-electron chi connectivity index (χ2n) is 2.86. The number of hydrogen-bond donors (Lipinski definition) is 1. The van der Waals surface area contributed by atoms with E-state index in [0.29, 0.717) is 5.69 Å². The molecular formula is C10H9N3O2. The molecule has 0 spiro atoms. The van der Waals surface area contributed by atoms with E-state index in [1.807, 2.05) is 0 Å². The molecule has 2 aromatic rings. The first kappa shape index (κ1) is 9.26. The average Bonchev–Trinajstić information content (AvgIpc) is 2.72. The normalized spacial score (nSPS) is 9.87. The summed E-state index contributed by atoms with van der Waals surface area (Å²) < 4.78 is 1.48. The lowest BCUT2D eigenvalue weighted by atomic mass is 10.4. The molecular weight excluding hydrogens is 194 g/mol. The molecule has 5 nitrogen and oxygen atoms in total. The second kappa shape index (κ2) is 3.83. The highest BCUT2D eigenvalue weighted by Crippen LogP contribution is 2.13. The molecule has 0 aliphatic carbocycles. The van der Waals surface area contributed by atoms with Crippen molar-refractivity contribution in [2.75, 3.05) is 5.01 Å². The number of amides is 1. The lowest BCUT2D eigenvalue weighted by Gasteiger charge is -2.19. The summed E-state index contributed by atoms with van der Waals surface area (Å²) in [6.07, 6.45) is 5.38. The summed E-state index contributed by atoms with van der Waals surface area (Å²) in [5.74, 6) is 0. The molecule has 0 saturated carbocycles. The van der Waals surface area contributed by atoms with E-state index in [1.165, 1.54) is 4.68 Å². The number of carbonyl (C=O) groups is 1. The number of aromatic nitrogens is 2. The zero-order valence-corrected chi connectivity index (χ0v) is 7.82. The van der Waals surface area contributed by atoms with Crippen LogP contribution in [0.5, 0.6) is 0 Å². The summed E-state index contributed by atoms with van der Waals surface area (Å²) in [4.78, 5) is 14.9. The van der Waals surface area contributed by atoms with E-state index >= 15 is 0 Å². The molecule has 0 saturated heterocycles. The van der Waals surface area contributed by atoms with Crippen LogP contribution >= 0.6 is 0 Å². The highest BCUT2D eigenvalue weighted by Gasteiger charge is 2.14. The zero-order chi connectivity index (χ0) is 10.7. The molecule has 1 N–H and O–H groups in total. The predicted molar refractivity (Wildman–Crippen MR) is 54.6 cm³/mol. The summed E-state index contributed by atoms with van der Waals surface area (Å²) in [5, 5.41) is 10.2. The maximum absolute atomic E-state index is 11.1. The van der Waals surface area contributed by atoms with Crippen LogP contribution in [0, 0.1) is 0 Å². The fourth-order valence-corrected chi connectivity index (χ4v) is 1.29. The highest BCUT2D eigenvalue weighted by atomic mass is 16.4. The monoisotopic (exact) mass is 203 g/mol. The van der Waals surface area contributed by atoms with Gasteiger partial charge in [-0.1, -0.05) is 0 Å². The molecule has 1 amide bonds. The van der Waals surface area contributed by atoms with Gasteiger partial charge in [0.05, 0.1) is 5.69 Å². The maximum Gasteiger partial charge on any atom is 0.431 e. The lowest BCUT2D eigenvalue weighted by Crippen LogP contribution is -2.33. The molecule has 0 fully saturated rings. The van der Waals surface area contributed by atoms with E-state index in [4.69, 9.17) is 5.11 Å². The minimum Gasteiger partial charge on any atom is -0.463 e. The topological polar surface area (TPSA) is 58.4 Å². The van der Waals surface area contributed by atoms with E-state index in [-0.39, 0.29) is 0 Å². The van der Waals surface area contributed by atoms with Crippen molar-refractivity contribution in [2.45, 2.75) is 0 Å². The Hall–Kier alpha value is -2.30. The van der Waals surface area contributed by atoms with Crippen LogP contribution in [0.25, 0.3) is 0 Å². The van der Waals surface area contributed by atoms with Crippen molar-refractivity contribution < 1.29 is 9.90 Å². The van der Waals surface area contributed by atoms with Gasteiger partial charge in [0.25, 0.3) is 0 Å². The second-order valence-corrected chi connectivity index (χ2v) is 2.86. The third-order valence-corrected chi connectivity index (χ3v) is 1.91. The molecule has 0 atom stereocenters. The molecule has 2 aromatic heterocycles. The molecule has 2 heterocycles. The summed E-state index contributed by atoms with van der Waals surface area (Å²) >= 11 is 0. The number of hydrogen-bond acceptors (Lipinski definition) is 2. The van der Waals surface area contributed by atoms with Crippen LogP contribution in [0.2, 0.25) is 0 Å². The van der Waals surface area contributed by atoms with E-state index < -0.39 is 6.09 Å². The van der Waals surface area contributed by atoms with Crippen molar-refractivity contribution in [3.63, 3.8) is 0 Å². The van der Waals surface area contributed by atoms with E-state index in [1.54, 1.807) is 49.1 Å². The molecule has 5 heteroatoms. The first-order valence-corrected chi connectivity index (χ1v) is 4.35. The van der Waals surface area contributed by atoms with Crippen molar-refractivity contribution in [1.29, 1.82) is 0 Å². The molecule has 2 rings (SSSR count). The molecule has 0 aliphatic rings. The van der Waals surface area contributed by atoms with Crippen LogP contribution in [0.4, 0.5) is 10.5 Å². The Bertz CT molecular complexity index is 439. The van der Waals surface area contributed by atoms with Gasteiger partial charge in [-0.05, 0) is 24.3 Å². The fraction of sp³-hybridized carbons (Fsp3) is 0. The van der Waals surface area contributed by atoms with E-state index in [0.717, 1.165) is 5.01 Å². The van der Waals surface area contributed by atoms with Gasteiger partial charge in [-0.2, -0.15) is 5.01 Å².